The Bertz CT molecular complexity index is 958. The number of benzene rings is 2. The number of hydrogen-bond donors (Lipinski definition) is 1. The first kappa shape index (κ1) is 21.7. The minimum atomic E-state index is -0.127. The van der Waals surface area contributed by atoms with Gasteiger partial charge in [-0.3, -0.25) is 9.36 Å². The number of hydrogen-bond acceptors (Lipinski definition) is 7. The lowest BCUT2D eigenvalue weighted by molar-refractivity contribution is -0.113. The molecule has 1 heterocycles. The van der Waals surface area contributed by atoms with Crippen LogP contribution in [-0.4, -0.2) is 54.4 Å². The van der Waals surface area contributed by atoms with Crippen LogP contribution in [0.5, 0.6) is 11.5 Å². The van der Waals surface area contributed by atoms with E-state index < -0.39 is 0 Å². The number of amides is 1. The van der Waals surface area contributed by atoms with Gasteiger partial charge in [-0.05, 0) is 48.5 Å². The highest BCUT2D eigenvalue weighted by Crippen LogP contribution is 2.26. The van der Waals surface area contributed by atoms with Crippen molar-refractivity contribution < 1.29 is 19.0 Å². The molecule has 0 aliphatic heterocycles. The van der Waals surface area contributed by atoms with E-state index in [2.05, 4.69) is 15.5 Å². The van der Waals surface area contributed by atoms with E-state index in [0.29, 0.717) is 29.8 Å². The first-order valence-electron chi connectivity index (χ1n) is 9.28. The van der Waals surface area contributed by atoms with Gasteiger partial charge in [-0.15, -0.1) is 10.2 Å². The van der Waals surface area contributed by atoms with Gasteiger partial charge < -0.3 is 19.5 Å². The lowest BCUT2D eigenvalue weighted by Gasteiger charge is -2.10. The molecule has 0 spiro atoms. The van der Waals surface area contributed by atoms with Crippen molar-refractivity contribution in [2.24, 2.45) is 0 Å². The normalized spacial score (nSPS) is 10.6. The minimum Gasteiger partial charge on any atom is -0.497 e. The Morgan fingerprint density at radius 1 is 0.967 bits per heavy atom. The molecule has 0 aliphatic carbocycles. The highest BCUT2D eigenvalue weighted by molar-refractivity contribution is 7.99. The van der Waals surface area contributed by atoms with Gasteiger partial charge in [0.25, 0.3) is 0 Å². The summed E-state index contributed by atoms with van der Waals surface area (Å²) < 4.78 is 17.5. The molecule has 1 N–H and O–H groups in total. The third-order valence-electron chi connectivity index (χ3n) is 4.29. The van der Waals surface area contributed by atoms with E-state index in [9.17, 15) is 4.79 Å². The number of nitrogens with zero attached hydrogens (tertiary/aromatic N) is 3. The van der Waals surface area contributed by atoms with Gasteiger partial charge in [0.1, 0.15) is 11.5 Å². The van der Waals surface area contributed by atoms with Crippen LogP contribution in [0.3, 0.4) is 0 Å². The molecule has 1 amide bonds. The van der Waals surface area contributed by atoms with E-state index in [0.717, 1.165) is 17.1 Å². The maximum atomic E-state index is 12.4. The molecule has 2 aromatic carbocycles. The molecule has 0 saturated heterocycles. The SMILES string of the molecule is COCCn1c(SCC(=O)Nc2ccc(OC)cc2)nnc1-c1ccc(OC)cc1. The van der Waals surface area contributed by atoms with Gasteiger partial charge in [0.05, 0.1) is 33.1 Å². The van der Waals surface area contributed by atoms with E-state index in [4.69, 9.17) is 14.2 Å². The largest absolute Gasteiger partial charge is 0.497 e. The van der Waals surface area contributed by atoms with E-state index in [-0.39, 0.29) is 11.7 Å². The molecule has 0 bridgehead atoms. The van der Waals surface area contributed by atoms with Crippen molar-refractivity contribution in [1.82, 2.24) is 14.8 Å². The summed E-state index contributed by atoms with van der Waals surface area (Å²) in [5.41, 5.74) is 1.62. The van der Waals surface area contributed by atoms with Crippen molar-refractivity contribution in [1.29, 1.82) is 0 Å². The Labute approximate surface area is 179 Å². The summed E-state index contributed by atoms with van der Waals surface area (Å²) in [5, 5.41) is 12.1. The van der Waals surface area contributed by atoms with Crippen molar-refractivity contribution in [2.45, 2.75) is 11.7 Å². The lowest BCUT2D eigenvalue weighted by Crippen LogP contribution is -2.15. The fraction of sp³-hybridized carbons (Fsp3) is 0.286. The number of rotatable bonds is 10. The summed E-state index contributed by atoms with van der Waals surface area (Å²) in [6.07, 6.45) is 0. The quantitative estimate of drug-likeness (QED) is 0.496. The molecule has 0 saturated carbocycles. The van der Waals surface area contributed by atoms with E-state index in [1.54, 1.807) is 45.6 Å². The molecule has 0 radical (unpaired) electrons. The molecule has 0 aliphatic rings. The molecular formula is C21H24N4O4S. The van der Waals surface area contributed by atoms with Crippen LogP contribution in [0.2, 0.25) is 0 Å². The first-order chi connectivity index (χ1) is 14.6. The lowest BCUT2D eigenvalue weighted by atomic mass is 10.2. The van der Waals surface area contributed by atoms with Gasteiger partial charge in [0.2, 0.25) is 5.91 Å². The molecule has 30 heavy (non-hydrogen) atoms. The number of carbonyl (C=O) groups is 1. The molecule has 0 fully saturated rings. The fourth-order valence-corrected chi connectivity index (χ4v) is 3.50. The van der Waals surface area contributed by atoms with Gasteiger partial charge >= 0.3 is 0 Å². The maximum Gasteiger partial charge on any atom is 0.234 e. The Balaban J connectivity index is 1.69. The summed E-state index contributed by atoms with van der Waals surface area (Å²) in [7, 11) is 4.87. The zero-order valence-electron chi connectivity index (χ0n) is 17.1. The maximum absolute atomic E-state index is 12.4. The zero-order chi connectivity index (χ0) is 21.3. The van der Waals surface area contributed by atoms with Gasteiger partial charge in [-0.1, -0.05) is 11.8 Å². The van der Waals surface area contributed by atoms with Crippen LogP contribution in [0.1, 0.15) is 0 Å². The van der Waals surface area contributed by atoms with Gasteiger partial charge in [0, 0.05) is 18.4 Å². The second-order valence-corrected chi connectivity index (χ2v) is 7.19. The highest BCUT2D eigenvalue weighted by atomic mass is 32.2. The van der Waals surface area contributed by atoms with Crippen molar-refractivity contribution >= 4 is 23.4 Å². The van der Waals surface area contributed by atoms with Crippen LogP contribution in [-0.2, 0) is 16.1 Å². The molecule has 3 aromatic rings. The van der Waals surface area contributed by atoms with Gasteiger partial charge in [-0.25, -0.2) is 0 Å². The van der Waals surface area contributed by atoms with Gasteiger partial charge in [0.15, 0.2) is 11.0 Å². The van der Waals surface area contributed by atoms with Crippen LogP contribution >= 0.6 is 11.8 Å². The number of nitrogens with one attached hydrogen (secondary N) is 1. The smallest absolute Gasteiger partial charge is 0.234 e. The van der Waals surface area contributed by atoms with Crippen LogP contribution in [0, 0.1) is 0 Å². The highest BCUT2D eigenvalue weighted by Gasteiger charge is 2.16. The third kappa shape index (κ3) is 5.52. The molecule has 9 heteroatoms. The summed E-state index contributed by atoms with van der Waals surface area (Å²) in [5.74, 6) is 2.30. The molecule has 158 valence electrons. The molecular weight excluding hydrogens is 404 g/mol. The van der Waals surface area contributed by atoms with Crippen LogP contribution < -0.4 is 14.8 Å². The second kappa shape index (κ2) is 10.7. The molecule has 3 rings (SSSR count). The average molecular weight is 429 g/mol. The first-order valence-corrected chi connectivity index (χ1v) is 10.3. The number of anilines is 1. The predicted molar refractivity (Wildman–Crippen MR) is 116 cm³/mol. The van der Waals surface area contributed by atoms with E-state index in [1.165, 1.54) is 11.8 Å². The number of ether oxygens (including phenoxy) is 3. The standard InChI is InChI=1S/C21H24N4O4S/c1-27-13-12-25-20(15-4-8-17(28-2)9-5-15)23-24-21(25)30-14-19(26)22-16-6-10-18(29-3)11-7-16/h4-11H,12-14H2,1-3H3,(H,22,26). The Morgan fingerprint density at radius 3 is 2.20 bits per heavy atom. The molecule has 0 atom stereocenters. The van der Waals surface area contributed by atoms with Crippen molar-refractivity contribution in [2.75, 3.05) is 39.0 Å². The van der Waals surface area contributed by atoms with Crippen LogP contribution in [0.4, 0.5) is 5.69 Å². The number of methoxy groups -OCH3 is 3. The number of aromatic nitrogens is 3. The van der Waals surface area contributed by atoms with E-state index >= 15 is 0 Å². The Hall–Kier alpha value is -3.04. The third-order valence-corrected chi connectivity index (χ3v) is 5.26. The van der Waals surface area contributed by atoms with Crippen molar-refractivity contribution in [3.63, 3.8) is 0 Å². The van der Waals surface area contributed by atoms with Gasteiger partial charge in [-0.2, -0.15) is 0 Å². The Kier molecular flexibility index (Phi) is 7.69. The summed E-state index contributed by atoms with van der Waals surface area (Å²) >= 11 is 1.33. The van der Waals surface area contributed by atoms with Crippen LogP contribution in [0.25, 0.3) is 11.4 Å². The summed E-state index contributed by atoms with van der Waals surface area (Å²) in [6.45, 7) is 1.08. The molecule has 1 aromatic heterocycles. The molecule has 8 nitrogen and oxygen atoms in total. The molecule has 0 unspecified atom stereocenters. The predicted octanol–water partition coefficient (Wildman–Crippen LogP) is 3.34. The van der Waals surface area contributed by atoms with Crippen LogP contribution in [0.15, 0.2) is 53.7 Å². The van der Waals surface area contributed by atoms with E-state index in [1.807, 2.05) is 28.8 Å². The topological polar surface area (TPSA) is 87.5 Å². The summed E-state index contributed by atoms with van der Waals surface area (Å²) in [6, 6.07) is 14.8. The number of thioether (sulfide) groups is 1. The summed E-state index contributed by atoms with van der Waals surface area (Å²) in [4.78, 5) is 12.4. The van der Waals surface area contributed by atoms with Crippen molar-refractivity contribution in [3.8, 4) is 22.9 Å². The fourth-order valence-electron chi connectivity index (χ4n) is 2.73. The average Bonchev–Trinajstić information content (AvgIpc) is 3.19. The monoisotopic (exact) mass is 428 g/mol. The number of carbonyl (C=O) groups excluding carboxylic acids is 1. The minimum absolute atomic E-state index is 0.127. The zero-order valence-corrected chi connectivity index (χ0v) is 17.9. The van der Waals surface area contributed by atoms with Crippen molar-refractivity contribution in [3.05, 3.63) is 48.5 Å². The Morgan fingerprint density at radius 2 is 1.60 bits per heavy atom. The second-order valence-electron chi connectivity index (χ2n) is 6.24.